The van der Waals surface area contributed by atoms with Gasteiger partial charge >= 0.3 is 0 Å². The maximum Gasteiger partial charge on any atom is 0.253 e. The Morgan fingerprint density at radius 3 is 3.00 bits per heavy atom. The molecule has 1 aromatic rings. The minimum absolute atomic E-state index is 0.0677. The van der Waals surface area contributed by atoms with Gasteiger partial charge in [-0.1, -0.05) is 0 Å². The fourth-order valence-corrected chi connectivity index (χ4v) is 3.15. The molecule has 1 aromatic carbocycles. The largest absolute Gasteiger partial charge is 0.496 e. The number of likely N-dealkylation sites (tertiary alicyclic amines) is 1. The van der Waals surface area contributed by atoms with Crippen molar-refractivity contribution in [3.05, 3.63) is 28.2 Å². The summed E-state index contributed by atoms with van der Waals surface area (Å²) in [7, 11) is 1.61. The summed E-state index contributed by atoms with van der Waals surface area (Å²) in [6, 6.07) is 5.42. The second-order valence-electron chi connectivity index (χ2n) is 4.76. The number of halogens is 2. The number of carbonyl (C=O) groups excluding carboxylic acids is 1. The molecule has 1 saturated heterocycles. The molecule has 1 aliphatic heterocycles. The van der Waals surface area contributed by atoms with E-state index >= 15 is 0 Å². The highest BCUT2D eigenvalue weighted by Crippen LogP contribution is 2.27. The molecule has 3 nitrogen and oxygen atoms in total. The number of carbonyl (C=O) groups is 1. The van der Waals surface area contributed by atoms with Crippen LogP contribution in [-0.2, 0) is 0 Å². The van der Waals surface area contributed by atoms with Crippen LogP contribution in [0.15, 0.2) is 22.7 Å². The molecular weight excluding hydrogens is 330 g/mol. The standard InChI is InChI=1S/C14H17BrClNO2/c1-19-13-5-4-11(7-12(13)15)14(18)17-6-2-3-10(8-16)9-17/h4-5,7,10H,2-3,6,8-9H2,1H3. The number of benzene rings is 1. The van der Waals surface area contributed by atoms with Crippen molar-refractivity contribution in [1.29, 1.82) is 0 Å². The Morgan fingerprint density at radius 2 is 2.37 bits per heavy atom. The summed E-state index contributed by atoms with van der Waals surface area (Å²) in [5, 5.41) is 0. The Bertz CT molecular complexity index is 467. The van der Waals surface area contributed by atoms with Gasteiger partial charge < -0.3 is 9.64 Å². The highest BCUT2D eigenvalue weighted by Gasteiger charge is 2.24. The fraction of sp³-hybridized carbons (Fsp3) is 0.500. The van der Waals surface area contributed by atoms with Gasteiger partial charge in [-0.2, -0.15) is 0 Å². The van der Waals surface area contributed by atoms with Crippen LogP contribution in [-0.4, -0.2) is 36.9 Å². The SMILES string of the molecule is COc1ccc(C(=O)N2CCCC(CCl)C2)cc1Br. The Balaban J connectivity index is 2.12. The van der Waals surface area contributed by atoms with Crippen LogP contribution in [0.5, 0.6) is 5.75 Å². The maximum absolute atomic E-state index is 12.4. The molecule has 104 valence electrons. The first-order chi connectivity index (χ1) is 9.15. The summed E-state index contributed by atoms with van der Waals surface area (Å²) in [4.78, 5) is 14.3. The second-order valence-corrected chi connectivity index (χ2v) is 5.93. The van der Waals surface area contributed by atoms with Crippen molar-refractivity contribution in [1.82, 2.24) is 4.90 Å². The van der Waals surface area contributed by atoms with Gasteiger partial charge in [0, 0.05) is 24.5 Å². The highest BCUT2D eigenvalue weighted by molar-refractivity contribution is 9.10. The van der Waals surface area contributed by atoms with Crippen molar-refractivity contribution in [3.8, 4) is 5.75 Å². The number of amides is 1. The number of alkyl halides is 1. The average molecular weight is 347 g/mol. The molecule has 5 heteroatoms. The van der Waals surface area contributed by atoms with E-state index in [2.05, 4.69) is 15.9 Å². The van der Waals surface area contributed by atoms with Crippen LogP contribution >= 0.6 is 27.5 Å². The van der Waals surface area contributed by atoms with Crippen LogP contribution in [0, 0.1) is 5.92 Å². The highest BCUT2D eigenvalue weighted by atomic mass is 79.9. The quantitative estimate of drug-likeness (QED) is 0.783. The maximum atomic E-state index is 12.4. The summed E-state index contributed by atoms with van der Waals surface area (Å²) < 4.78 is 5.97. The van der Waals surface area contributed by atoms with Crippen molar-refractivity contribution in [2.24, 2.45) is 5.92 Å². The van der Waals surface area contributed by atoms with Gasteiger partial charge in [0.15, 0.2) is 0 Å². The summed E-state index contributed by atoms with van der Waals surface area (Å²) in [6.07, 6.45) is 2.14. The molecule has 0 N–H and O–H groups in total. The van der Waals surface area contributed by atoms with Gasteiger partial charge in [-0.15, -0.1) is 11.6 Å². The zero-order valence-electron chi connectivity index (χ0n) is 10.9. The molecule has 0 saturated carbocycles. The van der Waals surface area contributed by atoms with Gasteiger partial charge in [0.25, 0.3) is 5.91 Å². The lowest BCUT2D eigenvalue weighted by Crippen LogP contribution is -2.40. The van der Waals surface area contributed by atoms with Gasteiger partial charge in [0.1, 0.15) is 5.75 Å². The molecule has 1 unspecified atom stereocenters. The third-order valence-electron chi connectivity index (χ3n) is 3.42. The smallest absolute Gasteiger partial charge is 0.253 e. The third-order valence-corrected chi connectivity index (χ3v) is 4.48. The van der Waals surface area contributed by atoms with Crippen LogP contribution in [0.25, 0.3) is 0 Å². The number of hydrogen-bond acceptors (Lipinski definition) is 2. The lowest BCUT2D eigenvalue weighted by Gasteiger charge is -2.32. The number of hydrogen-bond donors (Lipinski definition) is 0. The van der Waals surface area contributed by atoms with E-state index in [1.54, 1.807) is 19.2 Å². The van der Waals surface area contributed by atoms with E-state index < -0.39 is 0 Å². The molecule has 19 heavy (non-hydrogen) atoms. The van der Waals surface area contributed by atoms with Crippen LogP contribution in [0.2, 0.25) is 0 Å². The molecule has 1 atom stereocenters. The molecular formula is C14H17BrClNO2. The molecule has 1 fully saturated rings. The molecule has 1 heterocycles. The normalized spacial score (nSPS) is 19.3. The zero-order valence-corrected chi connectivity index (χ0v) is 13.2. The minimum Gasteiger partial charge on any atom is -0.496 e. The van der Waals surface area contributed by atoms with Gasteiger partial charge in [0.2, 0.25) is 0 Å². The molecule has 2 rings (SSSR count). The van der Waals surface area contributed by atoms with Crippen molar-refractivity contribution >= 4 is 33.4 Å². The lowest BCUT2D eigenvalue weighted by molar-refractivity contribution is 0.0684. The van der Waals surface area contributed by atoms with E-state index in [-0.39, 0.29) is 5.91 Å². The lowest BCUT2D eigenvalue weighted by atomic mass is 9.99. The van der Waals surface area contributed by atoms with E-state index in [0.29, 0.717) is 17.4 Å². The molecule has 0 aromatic heterocycles. The number of ether oxygens (including phenoxy) is 1. The molecule has 1 amide bonds. The topological polar surface area (TPSA) is 29.5 Å². The molecule has 0 radical (unpaired) electrons. The first kappa shape index (κ1) is 14.7. The summed E-state index contributed by atoms with van der Waals surface area (Å²) >= 11 is 9.31. The third kappa shape index (κ3) is 3.42. The number of piperidine rings is 1. The van der Waals surface area contributed by atoms with E-state index in [4.69, 9.17) is 16.3 Å². The molecule has 1 aliphatic rings. The van der Waals surface area contributed by atoms with Gasteiger partial charge in [-0.05, 0) is 52.9 Å². The number of nitrogens with zero attached hydrogens (tertiary/aromatic N) is 1. The molecule has 0 spiro atoms. The van der Waals surface area contributed by atoms with E-state index in [0.717, 1.165) is 36.2 Å². The fourth-order valence-electron chi connectivity index (χ4n) is 2.36. The zero-order chi connectivity index (χ0) is 13.8. The Kier molecular flexibility index (Phi) is 5.11. The number of methoxy groups -OCH3 is 1. The number of rotatable bonds is 3. The van der Waals surface area contributed by atoms with Crippen LogP contribution in [0.1, 0.15) is 23.2 Å². The van der Waals surface area contributed by atoms with Gasteiger partial charge in [0.05, 0.1) is 11.6 Å². The van der Waals surface area contributed by atoms with E-state index in [9.17, 15) is 4.79 Å². The minimum atomic E-state index is 0.0677. The Labute approximate surface area is 127 Å². The first-order valence-corrected chi connectivity index (χ1v) is 7.67. The average Bonchev–Trinajstić information content (AvgIpc) is 2.46. The summed E-state index contributed by atoms with van der Waals surface area (Å²) in [5.41, 5.74) is 0.683. The van der Waals surface area contributed by atoms with Crippen LogP contribution in [0.3, 0.4) is 0 Å². The summed E-state index contributed by atoms with van der Waals surface area (Å²) in [6.45, 7) is 1.57. The van der Waals surface area contributed by atoms with Crippen LogP contribution < -0.4 is 4.74 Å². The summed E-state index contributed by atoms with van der Waals surface area (Å²) in [5.74, 6) is 1.84. The predicted octanol–water partition coefficient (Wildman–Crippen LogP) is 3.55. The van der Waals surface area contributed by atoms with E-state index in [1.807, 2.05) is 11.0 Å². The predicted molar refractivity (Wildman–Crippen MR) is 80.0 cm³/mol. The monoisotopic (exact) mass is 345 g/mol. The molecule has 0 bridgehead atoms. The molecule has 0 aliphatic carbocycles. The van der Waals surface area contributed by atoms with Gasteiger partial charge in [-0.25, -0.2) is 0 Å². The first-order valence-electron chi connectivity index (χ1n) is 6.34. The van der Waals surface area contributed by atoms with Crippen molar-refractivity contribution in [2.75, 3.05) is 26.1 Å². The van der Waals surface area contributed by atoms with Crippen molar-refractivity contribution in [3.63, 3.8) is 0 Å². The Morgan fingerprint density at radius 1 is 1.58 bits per heavy atom. The second kappa shape index (κ2) is 6.62. The van der Waals surface area contributed by atoms with Crippen LogP contribution in [0.4, 0.5) is 0 Å². The van der Waals surface area contributed by atoms with Crippen molar-refractivity contribution < 1.29 is 9.53 Å². The van der Waals surface area contributed by atoms with Gasteiger partial charge in [-0.3, -0.25) is 4.79 Å². The Hall–Kier alpha value is -0.740. The van der Waals surface area contributed by atoms with Crippen molar-refractivity contribution in [2.45, 2.75) is 12.8 Å². The van der Waals surface area contributed by atoms with E-state index in [1.165, 1.54) is 0 Å².